The zero-order valence-electron chi connectivity index (χ0n) is 6.45. The standard InChI is InChI=1S/C7H12O4/c1-2-10-7(9)6-3-5(8)4-11-6/h5-6,8H,2-4H2,1H3/t5-,6-/m0/s1. The van der Waals surface area contributed by atoms with Crippen LogP contribution in [0, 0.1) is 0 Å². The number of carbonyl (C=O) groups excluding carboxylic acids is 1. The Morgan fingerprint density at radius 2 is 2.55 bits per heavy atom. The van der Waals surface area contributed by atoms with E-state index in [-0.39, 0.29) is 12.6 Å². The van der Waals surface area contributed by atoms with Crippen molar-refractivity contribution < 1.29 is 19.4 Å². The number of hydrogen-bond donors (Lipinski definition) is 1. The van der Waals surface area contributed by atoms with Gasteiger partial charge in [-0.2, -0.15) is 0 Å². The number of esters is 1. The van der Waals surface area contributed by atoms with E-state index in [4.69, 9.17) is 14.6 Å². The van der Waals surface area contributed by atoms with Gasteiger partial charge in [0.1, 0.15) is 0 Å². The van der Waals surface area contributed by atoms with Crippen LogP contribution in [-0.2, 0) is 14.3 Å². The smallest absolute Gasteiger partial charge is 0.335 e. The van der Waals surface area contributed by atoms with Gasteiger partial charge in [-0.25, -0.2) is 4.79 Å². The third-order valence-electron chi connectivity index (χ3n) is 1.53. The molecule has 4 nitrogen and oxygen atoms in total. The number of aliphatic hydroxyl groups is 1. The normalized spacial score (nSPS) is 30.4. The number of rotatable bonds is 2. The van der Waals surface area contributed by atoms with Crippen molar-refractivity contribution in [1.29, 1.82) is 0 Å². The first-order valence-corrected chi connectivity index (χ1v) is 3.70. The average molecular weight is 160 g/mol. The SMILES string of the molecule is CCOC(=O)[C@@H]1C[C@H](O)CO1. The van der Waals surface area contributed by atoms with E-state index in [1.165, 1.54) is 0 Å². The van der Waals surface area contributed by atoms with Crippen LogP contribution in [0.3, 0.4) is 0 Å². The van der Waals surface area contributed by atoms with Crippen molar-refractivity contribution >= 4 is 5.97 Å². The van der Waals surface area contributed by atoms with Gasteiger partial charge in [0.25, 0.3) is 0 Å². The average Bonchev–Trinajstić information content (AvgIpc) is 2.36. The lowest BCUT2D eigenvalue weighted by molar-refractivity contribution is -0.153. The third kappa shape index (κ3) is 2.17. The lowest BCUT2D eigenvalue weighted by atomic mass is 10.2. The van der Waals surface area contributed by atoms with E-state index in [2.05, 4.69) is 0 Å². The molecule has 1 fully saturated rings. The Bertz CT molecular complexity index is 145. The van der Waals surface area contributed by atoms with Crippen LogP contribution in [0.15, 0.2) is 0 Å². The molecule has 1 aliphatic heterocycles. The summed E-state index contributed by atoms with van der Waals surface area (Å²) in [4.78, 5) is 10.9. The monoisotopic (exact) mass is 160 g/mol. The summed E-state index contributed by atoms with van der Waals surface area (Å²) in [6.07, 6.45) is -0.701. The second kappa shape index (κ2) is 3.69. The van der Waals surface area contributed by atoms with Crippen LogP contribution in [0.25, 0.3) is 0 Å². The first kappa shape index (κ1) is 8.49. The molecule has 0 bridgehead atoms. The number of hydrogen-bond acceptors (Lipinski definition) is 4. The molecule has 1 heterocycles. The van der Waals surface area contributed by atoms with Gasteiger partial charge in [0.2, 0.25) is 0 Å². The van der Waals surface area contributed by atoms with Gasteiger partial charge in [-0.1, -0.05) is 0 Å². The molecule has 0 radical (unpaired) electrons. The van der Waals surface area contributed by atoms with E-state index in [9.17, 15) is 4.79 Å². The van der Waals surface area contributed by atoms with E-state index in [1.54, 1.807) is 6.92 Å². The maximum atomic E-state index is 10.9. The van der Waals surface area contributed by atoms with Gasteiger partial charge < -0.3 is 14.6 Å². The molecule has 0 aliphatic carbocycles. The van der Waals surface area contributed by atoms with Crippen molar-refractivity contribution in [2.24, 2.45) is 0 Å². The summed E-state index contributed by atoms with van der Waals surface area (Å²) in [5, 5.41) is 8.98. The van der Waals surface area contributed by atoms with Crippen molar-refractivity contribution in [2.45, 2.75) is 25.6 Å². The van der Waals surface area contributed by atoms with E-state index in [0.29, 0.717) is 13.0 Å². The van der Waals surface area contributed by atoms with E-state index < -0.39 is 12.2 Å². The molecule has 0 aromatic carbocycles. The quantitative estimate of drug-likeness (QED) is 0.563. The van der Waals surface area contributed by atoms with Gasteiger partial charge in [-0.05, 0) is 6.92 Å². The molecule has 11 heavy (non-hydrogen) atoms. The van der Waals surface area contributed by atoms with Crippen LogP contribution in [0.5, 0.6) is 0 Å². The zero-order valence-corrected chi connectivity index (χ0v) is 6.45. The summed E-state index contributed by atoms with van der Waals surface area (Å²) < 4.78 is 9.65. The topological polar surface area (TPSA) is 55.8 Å². The molecule has 2 atom stereocenters. The molecule has 1 N–H and O–H groups in total. The molecule has 4 heteroatoms. The summed E-state index contributed by atoms with van der Waals surface area (Å²) in [5.74, 6) is -0.371. The lowest BCUT2D eigenvalue weighted by Gasteiger charge is -2.06. The largest absolute Gasteiger partial charge is 0.464 e. The molecular formula is C7H12O4. The fourth-order valence-electron chi connectivity index (χ4n) is 1.01. The second-order valence-corrected chi connectivity index (χ2v) is 2.46. The molecule has 64 valence electrons. The van der Waals surface area contributed by atoms with Crippen LogP contribution in [-0.4, -0.2) is 36.5 Å². The maximum absolute atomic E-state index is 10.9. The Balaban J connectivity index is 2.31. The minimum absolute atomic E-state index is 0.240. The first-order valence-electron chi connectivity index (χ1n) is 3.70. The fourth-order valence-corrected chi connectivity index (χ4v) is 1.01. The molecule has 0 amide bonds. The van der Waals surface area contributed by atoms with E-state index in [1.807, 2.05) is 0 Å². The fraction of sp³-hybridized carbons (Fsp3) is 0.857. The summed E-state index contributed by atoms with van der Waals surface area (Å²) in [6, 6.07) is 0. The number of ether oxygens (including phenoxy) is 2. The lowest BCUT2D eigenvalue weighted by Crippen LogP contribution is -2.22. The Morgan fingerprint density at radius 1 is 1.82 bits per heavy atom. The highest BCUT2D eigenvalue weighted by atomic mass is 16.6. The molecule has 1 aliphatic rings. The highest BCUT2D eigenvalue weighted by molar-refractivity contribution is 5.75. The molecule has 0 aromatic rings. The minimum atomic E-state index is -0.551. The Hall–Kier alpha value is -0.610. The van der Waals surface area contributed by atoms with E-state index >= 15 is 0 Å². The molecule has 0 saturated carbocycles. The molecular weight excluding hydrogens is 148 g/mol. The summed E-state index contributed by atoms with van der Waals surface area (Å²) in [6.45, 7) is 2.33. The third-order valence-corrected chi connectivity index (χ3v) is 1.53. The molecule has 1 saturated heterocycles. The van der Waals surface area contributed by atoms with Crippen LogP contribution >= 0.6 is 0 Å². The van der Waals surface area contributed by atoms with Crippen molar-refractivity contribution in [3.05, 3.63) is 0 Å². The zero-order chi connectivity index (χ0) is 8.27. The Kier molecular flexibility index (Phi) is 2.84. The minimum Gasteiger partial charge on any atom is -0.464 e. The van der Waals surface area contributed by atoms with Gasteiger partial charge in [-0.3, -0.25) is 0 Å². The predicted octanol–water partition coefficient (Wildman–Crippen LogP) is -0.301. The summed E-state index contributed by atoms with van der Waals surface area (Å²) in [5.41, 5.74) is 0. The Labute approximate surface area is 65.1 Å². The van der Waals surface area contributed by atoms with Gasteiger partial charge in [0.15, 0.2) is 6.10 Å². The predicted molar refractivity (Wildman–Crippen MR) is 37.0 cm³/mol. The molecule has 0 spiro atoms. The van der Waals surface area contributed by atoms with Crippen LogP contribution < -0.4 is 0 Å². The molecule has 1 rings (SSSR count). The van der Waals surface area contributed by atoms with Crippen molar-refractivity contribution in [3.63, 3.8) is 0 Å². The highest BCUT2D eigenvalue weighted by Crippen LogP contribution is 2.13. The highest BCUT2D eigenvalue weighted by Gasteiger charge is 2.30. The van der Waals surface area contributed by atoms with Gasteiger partial charge >= 0.3 is 5.97 Å². The molecule has 0 aromatic heterocycles. The van der Waals surface area contributed by atoms with Crippen LogP contribution in [0.2, 0.25) is 0 Å². The van der Waals surface area contributed by atoms with Crippen molar-refractivity contribution in [2.75, 3.05) is 13.2 Å². The van der Waals surface area contributed by atoms with Gasteiger partial charge in [-0.15, -0.1) is 0 Å². The van der Waals surface area contributed by atoms with Crippen molar-refractivity contribution in [3.8, 4) is 0 Å². The summed E-state index contributed by atoms with van der Waals surface area (Å²) in [7, 11) is 0. The van der Waals surface area contributed by atoms with Gasteiger partial charge in [0, 0.05) is 6.42 Å². The second-order valence-electron chi connectivity index (χ2n) is 2.46. The summed E-state index contributed by atoms with van der Waals surface area (Å²) >= 11 is 0. The maximum Gasteiger partial charge on any atom is 0.335 e. The number of carbonyl (C=O) groups is 1. The molecule has 0 unspecified atom stereocenters. The first-order chi connectivity index (χ1) is 5.24. The van der Waals surface area contributed by atoms with Crippen molar-refractivity contribution in [1.82, 2.24) is 0 Å². The van der Waals surface area contributed by atoms with Crippen LogP contribution in [0.4, 0.5) is 0 Å². The number of aliphatic hydroxyl groups excluding tert-OH is 1. The van der Waals surface area contributed by atoms with Crippen LogP contribution in [0.1, 0.15) is 13.3 Å². The van der Waals surface area contributed by atoms with E-state index in [0.717, 1.165) is 0 Å². The van der Waals surface area contributed by atoms with Gasteiger partial charge in [0.05, 0.1) is 19.3 Å². The Morgan fingerprint density at radius 3 is 3.00 bits per heavy atom.